The van der Waals surface area contributed by atoms with Gasteiger partial charge in [-0.1, -0.05) is 45.6 Å². The van der Waals surface area contributed by atoms with Crippen LogP contribution in [0.1, 0.15) is 91.4 Å². The fraction of sp³-hybridized carbons (Fsp3) is 0.565. The average molecular weight is 879 g/mol. The Morgan fingerprint density at radius 3 is 2.51 bits per heavy atom. The highest BCUT2D eigenvalue weighted by molar-refractivity contribution is 5.90. The molecule has 63 heavy (non-hydrogen) atoms. The van der Waals surface area contributed by atoms with E-state index in [2.05, 4.69) is 25.2 Å². The first-order valence-electron chi connectivity index (χ1n) is 21.8. The monoisotopic (exact) mass is 878 g/mol. The summed E-state index contributed by atoms with van der Waals surface area (Å²) < 4.78 is 42.2. The topological polar surface area (TPSA) is 236 Å². The lowest BCUT2D eigenvalue weighted by Gasteiger charge is -2.41. The second-order valence-electron chi connectivity index (χ2n) is 17.7. The van der Waals surface area contributed by atoms with E-state index in [4.69, 9.17) is 53.8 Å². The summed E-state index contributed by atoms with van der Waals surface area (Å²) in [4.78, 5) is 35.3. The van der Waals surface area contributed by atoms with Gasteiger partial charge in [0.25, 0.3) is 0 Å². The van der Waals surface area contributed by atoms with Crippen molar-refractivity contribution >= 4 is 11.9 Å². The smallest absolute Gasteiger partial charge is 0.317 e. The number of fused-ring (bicyclic) bond motifs is 6. The van der Waals surface area contributed by atoms with Crippen molar-refractivity contribution in [1.29, 1.82) is 0 Å². The number of hydrogen-bond donors (Lipinski definition) is 6. The minimum Gasteiger partial charge on any atom is -0.508 e. The molecule has 2 fully saturated rings. The quantitative estimate of drug-likeness (QED) is 0.0459. The van der Waals surface area contributed by atoms with E-state index in [-0.39, 0.29) is 30.8 Å². The molecule has 0 bridgehead atoms. The van der Waals surface area contributed by atoms with Crippen LogP contribution in [0.25, 0.3) is 0 Å². The molecule has 0 aromatic heterocycles. The molecule has 1 saturated carbocycles. The number of carboxylic acid groups (broad SMARTS) is 1. The third-order valence-corrected chi connectivity index (χ3v) is 12.2. The first-order valence-corrected chi connectivity index (χ1v) is 21.8. The summed E-state index contributed by atoms with van der Waals surface area (Å²) in [6.45, 7) is 4.47. The maximum atomic E-state index is 12.0. The van der Waals surface area contributed by atoms with Gasteiger partial charge in [0.1, 0.15) is 54.7 Å². The van der Waals surface area contributed by atoms with Crippen LogP contribution < -0.4 is 34.9 Å². The van der Waals surface area contributed by atoms with Crippen molar-refractivity contribution in [3.63, 3.8) is 0 Å². The van der Waals surface area contributed by atoms with Crippen LogP contribution >= 0.6 is 0 Å². The molecule has 4 aliphatic heterocycles. The zero-order chi connectivity index (χ0) is 44.4. The van der Waals surface area contributed by atoms with E-state index in [1.165, 1.54) is 12.8 Å². The number of carbonyl (C=O) groups is 2. The van der Waals surface area contributed by atoms with Gasteiger partial charge in [-0.25, -0.2) is 0 Å². The Balaban J connectivity index is 1.11. The summed E-state index contributed by atoms with van der Waals surface area (Å²) in [5.74, 6) is 1.32. The van der Waals surface area contributed by atoms with E-state index >= 15 is 0 Å². The molecule has 17 heteroatoms. The van der Waals surface area contributed by atoms with Crippen LogP contribution in [0, 0.1) is 11.8 Å². The Morgan fingerprint density at radius 1 is 0.952 bits per heavy atom. The van der Waals surface area contributed by atoms with Crippen molar-refractivity contribution in [3.8, 4) is 34.5 Å². The van der Waals surface area contributed by atoms with Gasteiger partial charge in [-0.05, 0) is 73.2 Å². The van der Waals surface area contributed by atoms with Crippen molar-refractivity contribution in [2.45, 2.75) is 114 Å². The number of phenolic OH excluding ortho intramolecular Hbond substituents is 1. The van der Waals surface area contributed by atoms with Crippen molar-refractivity contribution in [2.75, 3.05) is 40.2 Å². The molecule has 3 aromatic rings. The van der Waals surface area contributed by atoms with Gasteiger partial charge in [-0.15, -0.1) is 0 Å². The van der Waals surface area contributed by atoms with Crippen LogP contribution in [-0.4, -0.2) is 109 Å². The van der Waals surface area contributed by atoms with Gasteiger partial charge >= 0.3 is 11.9 Å². The van der Waals surface area contributed by atoms with Crippen LogP contribution in [-0.2, 0) is 47.9 Å². The average Bonchev–Trinajstić information content (AvgIpc) is 4.01. The predicted octanol–water partition coefficient (Wildman–Crippen LogP) is 3.96. The summed E-state index contributed by atoms with van der Waals surface area (Å²) in [5.41, 5.74) is 11.3. The maximum absolute atomic E-state index is 12.0. The third-order valence-electron chi connectivity index (χ3n) is 12.2. The lowest BCUT2D eigenvalue weighted by molar-refractivity contribution is -0.373. The zero-order valence-electron chi connectivity index (χ0n) is 35.8. The Bertz CT molecular complexity index is 2130. The number of esters is 1. The molecule has 5 aliphatic rings. The van der Waals surface area contributed by atoms with Gasteiger partial charge in [-0.2, -0.15) is 4.89 Å². The van der Waals surface area contributed by atoms with Gasteiger partial charge in [0.2, 0.25) is 6.79 Å². The molecule has 3 aromatic carbocycles. The van der Waals surface area contributed by atoms with Gasteiger partial charge in [-0.3, -0.25) is 9.59 Å². The van der Waals surface area contributed by atoms with Crippen LogP contribution in [0.2, 0.25) is 0 Å². The molecule has 17 nitrogen and oxygen atoms in total. The SMILES string of the molecule is CNCC(N)COC1OC(COC(=O)CC(=O)O)C(O)C(O)C1OOc1cc2c(cc1Cc1cc(O)cc(CC3CCCC3)c1)OCC1c3cc4c(c(CC(C)C)c3OC21)OCO4. The summed E-state index contributed by atoms with van der Waals surface area (Å²) in [7, 11) is 1.73. The van der Waals surface area contributed by atoms with E-state index < -0.39 is 67.8 Å². The van der Waals surface area contributed by atoms with Crippen LogP contribution in [0.5, 0.6) is 34.5 Å². The molecule has 7 N–H and O–H groups in total. The number of hydrogen-bond acceptors (Lipinski definition) is 16. The fourth-order valence-electron chi connectivity index (χ4n) is 9.32. The summed E-state index contributed by atoms with van der Waals surface area (Å²) in [6.07, 6.45) is -2.34. The number of nitrogens with one attached hydrogen (secondary N) is 1. The standard InChI is InChI=1S/C46H58N2O15/c1-23(2)8-32-42-30(15-36-44(32)59-22-58-36)33-20-55-35-14-27(11-26-10-25(12-29(49)13-26)9-24-6-4-5-7-24)34(16-31(35)43(33)61-42)62-63-45-41(54)40(53)37(21-56-39(52)17-38(50)51)60-46(45)57-19-28(47)18-48-3/h10,12-16,23-24,28,33,37,40-41,43,45-46,48-49,53-54H,4-9,11,17-22,47H2,1-3H3,(H,50,51). The van der Waals surface area contributed by atoms with Gasteiger partial charge < -0.3 is 69.5 Å². The van der Waals surface area contributed by atoms with Crippen molar-refractivity contribution < 1.29 is 72.9 Å². The number of aliphatic hydroxyl groups is 2. The Morgan fingerprint density at radius 2 is 1.75 bits per heavy atom. The number of aliphatic carboxylic acids is 1. The second kappa shape index (κ2) is 19.5. The highest BCUT2D eigenvalue weighted by atomic mass is 17.2. The lowest BCUT2D eigenvalue weighted by Crippen LogP contribution is -2.61. The summed E-state index contributed by atoms with van der Waals surface area (Å²) in [6, 6.07) is 10.7. The first-order chi connectivity index (χ1) is 30.3. The number of aliphatic hydroxyl groups excluding tert-OH is 2. The van der Waals surface area contributed by atoms with E-state index in [1.807, 2.05) is 18.2 Å². The molecular weight excluding hydrogens is 821 g/mol. The minimum atomic E-state index is -1.70. The number of rotatable bonds is 18. The van der Waals surface area contributed by atoms with Gasteiger partial charge in [0.05, 0.1) is 19.1 Å². The highest BCUT2D eigenvalue weighted by Crippen LogP contribution is 2.57. The van der Waals surface area contributed by atoms with E-state index in [9.17, 15) is 24.9 Å². The summed E-state index contributed by atoms with van der Waals surface area (Å²) >= 11 is 0. The highest BCUT2D eigenvalue weighted by Gasteiger charge is 2.49. The molecule has 0 radical (unpaired) electrons. The molecule has 8 atom stereocenters. The van der Waals surface area contributed by atoms with Crippen molar-refractivity contribution in [3.05, 3.63) is 69.8 Å². The number of ether oxygens (including phenoxy) is 7. The van der Waals surface area contributed by atoms with E-state index in [0.717, 1.165) is 47.3 Å². The number of phenols is 1. The molecule has 4 heterocycles. The second-order valence-corrected chi connectivity index (χ2v) is 17.7. The number of carbonyl (C=O) groups excluding carboxylic acids is 1. The molecule has 8 unspecified atom stereocenters. The number of likely N-dealkylation sites (N-methyl/N-ethyl adjacent to an activating group) is 1. The Hall–Kier alpha value is -4.88. The van der Waals surface area contributed by atoms with Crippen molar-refractivity contribution in [1.82, 2.24) is 5.32 Å². The lowest BCUT2D eigenvalue weighted by atomic mass is 9.86. The molecule has 1 saturated heterocycles. The Kier molecular flexibility index (Phi) is 13.8. The maximum Gasteiger partial charge on any atom is 0.317 e. The summed E-state index contributed by atoms with van der Waals surface area (Å²) in [5, 5.41) is 45.5. The molecular formula is C46H58N2O15. The fourth-order valence-corrected chi connectivity index (χ4v) is 9.32. The van der Waals surface area contributed by atoms with Crippen molar-refractivity contribution in [2.24, 2.45) is 17.6 Å². The number of aromatic hydroxyl groups is 1. The first kappa shape index (κ1) is 44.7. The van der Waals surface area contributed by atoms with Crippen LogP contribution in [0.15, 0.2) is 36.4 Å². The van der Waals surface area contributed by atoms with Gasteiger partial charge in [0, 0.05) is 41.3 Å². The minimum absolute atomic E-state index is 0.0684. The zero-order valence-corrected chi connectivity index (χ0v) is 35.8. The predicted molar refractivity (Wildman–Crippen MR) is 223 cm³/mol. The Labute approximate surface area is 365 Å². The number of nitrogens with two attached hydrogens (primary N) is 1. The van der Waals surface area contributed by atoms with Gasteiger partial charge in [0.15, 0.2) is 29.6 Å². The van der Waals surface area contributed by atoms with Crippen LogP contribution in [0.3, 0.4) is 0 Å². The normalized spacial score (nSPS) is 25.2. The van der Waals surface area contributed by atoms with E-state index in [0.29, 0.717) is 66.2 Å². The molecule has 8 rings (SSSR count). The third kappa shape index (κ3) is 10.1. The van der Waals surface area contributed by atoms with Crippen LogP contribution in [0.4, 0.5) is 0 Å². The number of benzene rings is 3. The molecule has 1 aliphatic carbocycles. The van der Waals surface area contributed by atoms with E-state index in [1.54, 1.807) is 19.2 Å². The largest absolute Gasteiger partial charge is 0.508 e. The molecule has 0 spiro atoms. The molecule has 342 valence electrons. The molecule has 0 amide bonds. The number of carboxylic acids is 1.